The number of hydrogen-bond donors (Lipinski definition) is 0. The van der Waals surface area contributed by atoms with Crippen molar-refractivity contribution in [1.82, 2.24) is 25.1 Å². The molecule has 0 N–H and O–H groups in total. The van der Waals surface area contributed by atoms with Gasteiger partial charge in [-0.15, -0.1) is 0 Å². The van der Waals surface area contributed by atoms with Gasteiger partial charge in [0.1, 0.15) is 22.8 Å². The smallest absolute Gasteiger partial charge is 0.228 e. The van der Waals surface area contributed by atoms with E-state index in [-0.39, 0.29) is 0 Å². The van der Waals surface area contributed by atoms with Crippen LogP contribution in [0.15, 0.2) is 35.0 Å². The minimum Gasteiger partial charge on any atom is -0.378 e. The number of ether oxygens (including phenoxy) is 1. The van der Waals surface area contributed by atoms with Gasteiger partial charge in [0.25, 0.3) is 0 Å². The molecule has 1 aromatic carbocycles. The minimum absolute atomic E-state index is 0.328. The van der Waals surface area contributed by atoms with Crippen molar-refractivity contribution in [1.29, 1.82) is 0 Å². The van der Waals surface area contributed by atoms with Gasteiger partial charge in [-0.3, -0.25) is 0 Å². The van der Waals surface area contributed by atoms with Crippen molar-refractivity contribution in [2.45, 2.75) is 20.8 Å². The summed E-state index contributed by atoms with van der Waals surface area (Å²) in [5, 5.41) is 3.78. The number of hydrogen-bond acceptors (Lipinski definition) is 8. The molecule has 0 amide bonds. The van der Waals surface area contributed by atoms with Gasteiger partial charge in [-0.05, 0) is 39.0 Å². The largest absolute Gasteiger partial charge is 0.378 e. The first-order chi connectivity index (χ1) is 15.4. The summed E-state index contributed by atoms with van der Waals surface area (Å²) >= 11 is 5.90. The third kappa shape index (κ3) is 4.84. The Morgan fingerprint density at radius 2 is 1.72 bits per heavy atom. The van der Waals surface area contributed by atoms with E-state index in [1.54, 1.807) is 24.4 Å². The number of anilines is 1. The van der Waals surface area contributed by atoms with E-state index in [0.717, 1.165) is 17.1 Å². The first kappa shape index (κ1) is 22.0. The van der Waals surface area contributed by atoms with Crippen LogP contribution in [0.25, 0.3) is 22.4 Å². The van der Waals surface area contributed by atoms with E-state index in [2.05, 4.69) is 29.6 Å². The normalized spacial score (nSPS) is 13.7. The van der Waals surface area contributed by atoms with Crippen LogP contribution in [0.5, 0.6) is 0 Å². The molecule has 3 aromatic heterocycles. The fourth-order valence-electron chi connectivity index (χ4n) is 3.15. The minimum atomic E-state index is -0.453. The summed E-state index contributed by atoms with van der Waals surface area (Å²) in [6, 6.07) is 6.32. The second-order valence-electron chi connectivity index (χ2n) is 7.29. The van der Waals surface area contributed by atoms with Crippen LogP contribution in [0.1, 0.15) is 17.1 Å². The zero-order valence-corrected chi connectivity index (χ0v) is 18.7. The third-order valence-electron chi connectivity index (χ3n) is 4.98. The molecule has 0 spiro atoms. The number of benzene rings is 1. The average molecular weight is 457 g/mol. The topological polar surface area (TPSA) is 90.1 Å². The highest BCUT2D eigenvalue weighted by Crippen LogP contribution is 2.30. The van der Waals surface area contributed by atoms with E-state index in [1.807, 2.05) is 25.7 Å². The second-order valence-corrected chi connectivity index (χ2v) is 7.72. The zero-order valence-electron chi connectivity index (χ0n) is 18.0. The molecule has 1 saturated heterocycles. The summed E-state index contributed by atoms with van der Waals surface area (Å²) in [5.41, 5.74) is 3.22. The Balaban J connectivity index is 0.000000354. The fourth-order valence-corrected chi connectivity index (χ4v) is 3.31. The van der Waals surface area contributed by atoms with Crippen molar-refractivity contribution in [3.8, 4) is 11.3 Å². The molecule has 0 aliphatic carbocycles. The highest BCUT2D eigenvalue weighted by atomic mass is 35.5. The van der Waals surface area contributed by atoms with Crippen LogP contribution < -0.4 is 4.90 Å². The molecule has 5 rings (SSSR count). The Morgan fingerprint density at radius 3 is 2.34 bits per heavy atom. The molecule has 10 heteroatoms. The van der Waals surface area contributed by atoms with E-state index in [9.17, 15) is 4.39 Å². The van der Waals surface area contributed by atoms with Crippen molar-refractivity contribution >= 4 is 28.7 Å². The average Bonchev–Trinajstić information content (AvgIpc) is 3.26. The van der Waals surface area contributed by atoms with Crippen molar-refractivity contribution in [2.24, 2.45) is 0 Å². The van der Waals surface area contributed by atoms with Gasteiger partial charge in [0.05, 0.1) is 30.8 Å². The quantitative estimate of drug-likeness (QED) is 0.440. The summed E-state index contributed by atoms with van der Waals surface area (Å²) < 4.78 is 24.6. The van der Waals surface area contributed by atoms with E-state index < -0.39 is 5.82 Å². The van der Waals surface area contributed by atoms with Crippen LogP contribution in [-0.4, -0.2) is 51.4 Å². The molecule has 0 bridgehead atoms. The Labute approximate surface area is 189 Å². The van der Waals surface area contributed by atoms with E-state index in [4.69, 9.17) is 16.3 Å². The van der Waals surface area contributed by atoms with Crippen LogP contribution in [0.3, 0.4) is 0 Å². The number of nitrogens with zero attached hydrogens (tertiary/aromatic N) is 6. The Kier molecular flexibility index (Phi) is 6.57. The lowest BCUT2D eigenvalue weighted by atomic mass is 10.1. The van der Waals surface area contributed by atoms with E-state index in [0.29, 0.717) is 59.7 Å². The zero-order chi connectivity index (χ0) is 22.7. The summed E-state index contributed by atoms with van der Waals surface area (Å²) in [4.78, 5) is 20.3. The second kappa shape index (κ2) is 9.54. The number of morpholine rings is 1. The number of rotatable bonds is 2. The van der Waals surface area contributed by atoms with Gasteiger partial charge < -0.3 is 14.2 Å². The molecule has 4 aromatic rings. The fraction of sp³-hybridized carbons (Fsp3) is 0.318. The summed E-state index contributed by atoms with van der Waals surface area (Å²) in [6.45, 7) is 8.14. The van der Waals surface area contributed by atoms with E-state index >= 15 is 0 Å². The predicted octanol–water partition coefficient (Wildman–Crippen LogP) is 4.32. The van der Waals surface area contributed by atoms with Gasteiger partial charge in [-0.1, -0.05) is 16.8 Å². The number of aryl methyl sites for hydroxylation is 3. The van der Waals surface area contributed by atoms with Crippen LogP contribution in [0.4, 0.5) is 10.3 Å². The molecular formula is C22H22ClFN6O2. The van der Waals surface area contributed by atoms with Gasteiger partial charge in [0.15, 0.2) is 5.65 Å². The molecule has 0 radical (unpaired) electrons. The van der Waals surface area contributed by atoms with Gasteiger partial charge in [0.2, 0.25) is 5.95 Å². The summed E-state index contributed by atoms with van der Waals surface area (Å²) in [5.74, 6) is 0.906. The highest BCUT2D eigenvalue weighted by molar-refractivity contribution is 6.30. The Hall–Kier alpha value is -3.17. The van der Waals surface area contributed by atoms with Crippen molar-refractivity contribution in [3.05, 3.63) is 58.5 Å². The lowest BCUT2D eigenvalue weighted by Crippen LogP contribution is -2.37. The molecule has 32 heavy (non-hydrogen) atoms. The molecule has 8 nitrogen and oxygen atoms in total. The van der Waals surface area contributed by atoms with Crippen molar-refractivity contribution in [2.75, 3.05) is 31.2 Å². The maximum absolute atomic E-state index is 14.6. The van der Waals surface area contributed by atoms with Gasteiger partial charge >= 0.3 is 0 Å². The number of fused-ring (bicyclic) bond motifs is 1. The highest BCUT2D eigenvalue weighted by Gasteiger charge is 2.21. The van der Waals surface area contributed by atoms with Gasteiger partial charge in [-0.25, -0.2) is 19.3 Å². The van der Waals surface area contributed by atoms with Crippen molar-refractivity contribution < 1.29 is 13.7 Å². The van der Waals surface area contributed by atoms with Gasteiger partial charge in [0, 0.05) is 29.7 Å². The van der Waals surface area contributed by atoms with Crippen LogP contribution in [0.2, 0.25) is 5.02 Å². The van der Waals surface area contributed by atoms with Crippen LogP contribution >= 0.6 is 11.6 Å². The lowest BCUT2D eigenvalue weighted by molar-refractivity contribution is 0.122. The summed E-state index contributed by atoms with van der Waals surface area (Å²) in [6.07, 6.45) is 1.62. The summed E-state index contributed by atoms with van der Waals surface area (Å²) in [7, 11) is 0. The molecule has 1 aliphatic rings. The number of aromatic nitrogens is 5. The monoisotopic (exact) mass is 456 g/mol. The molecule has 0 saturated carbocycles. The van der Waals surface area contributed by atoms with Crippen LogP contribution in [0, 0.1) is 26.6 Å². The molecular weight excluding hydrogens is 435 g/mol. The van der Waals surface area contributed by atoms with Crippen molar-refractivity contribution in [3.63, 3.8) is 0 Å². The molecule has 1 fully saturated rings. The molecule has 0 unspecified atom stereocenters. The first-order valence-electron chi connectivity index (χ1n) is 10.1. The maximum Gasteiger partial charge on any atom is 0.228 e. The predicted molar refractivity (Wildman–Crippen MR) is 119 cm³/mol. The van der Waals surface area contributed by atoms with Gasteiger partial charge in [-0.2, -0.15) is 4.98 Å². The third-order valence-corrected chi connectivity index (χ3v) is 5.21. The molecule has 166 valence electrons. The standard InChI is InChI=1S/C18H17ClFN5O.C4H5NO/c1-10-11(2)22-17-16(21-10)15(13-4-3-12(19)9-14(13)20)23-18(24-17)25-5-7-26-8-6-25;1-4-2-3-5-6-4/h3-4,9H,5-8H2,1-2H3;2-3H,1H3. The molecule has 0 atom stereocenters. The maximum atomic E-state index is 14.6. The first-order valence-corrected chi connectivity index (χ1v) is 10.5. The molecule has 4 heterocycles. The Morgan fingerprint density at radius 1 is 0.969 bits per heavy atom. The van der Waals surface area contributed by atoms with Crippen LogP contribution in [-0.2, 0) is 4.74 Å². The van der Waals surface area contributed by atoms with E-state index in [1.165, 1.54) is 6.07 Å². The molecule has 1 aliphatic heterocycles. The SMILES string of the molecule is Cc1ccno1.Cc1nc2nc(N3CCOCC3)nc(-c3ccc(Cl)cc3F)c2nc1C. The Bertz CT molecular complexity index is 1230. The number of halogens is 2. The lowest BCUT2D eigenvalue weighted by Gasteiger charge is -2.27.